The number of hydrogen-bond acceptors (Lipinski definition) is 5. The summed E-state index contributed by atoms with van der Waals surface area (Å²) in [5.74, 6) is 1.14. The van der Waals surface area contributed by atoms with Gasteiger partial charge in [0, 0.05) is 37.0 Å². The average molecular weight is 339 g/mol. The summed E-state index contributed by atoms with van der Waals surface area (Å²) in [6.45, 7) is 1.19. The summed E-state index contributed by atoms with van der Waals surface area (Å²) in [5.41, 5.74) is 1.52. The monoisotopic (exact) mass is 339 g/mol. The number of H-pyrrole nitrogens is 1. The molecule has 0 aliphatic carbocycles. The van der Waals surface area contributed by atoms with Crippen molar-refractivity contribution in [3.63, 3.8) is 0 Å². The molecule has 7 heteroatoms. The van der Waals surface area contributed by atoms with E-state index in [1.807, 2.05) is 18.2 Å². The Labute approximate surface area is 143 Å². The first-order valence-electron chi connectivity index (χ1n) is 8.03. The second-order valence-electron chi connectivity index (χ2n) is 5.98. The standard InChI is InChI=1S/C18H17N3O4/c1-24-10-17-20-14-9-21(7-6-15(14)25-17)18(23)12-8-16(22)19-13-5-3-2-4-11(12)13/h2-5,8H,6-7,9-10H2,1H3,(H,19,22). The van der Waals surface area contributed by atoms with E-state index in [0.717, 1.165) is 16.8 Å². The fourth-order valence-electron chi connectivity index (χ4n) is 3.16. The molecule has 1 aromatic carbocycles. The lowest BCUT2D eigenvalue weighted by Crippen LogP contribution is -2.36. The molecule has 0 unspecified atom stereocenters. The maximum Gasteiger partial charge on any atom is 0.255 e. The lowest BCUT2D eigenvalue weighted by atomic mass is 10.1. The number of nitrogens with zero attached hydrogens (tertiary/aromatic N) is 2. The number of aromatic nitrogens is 2. The fourth-order valence-corrected chi connectivity index (χ4v) is 3.16. The summed E-state index contributed by atoms with van der Waals surface area (Å²) in [6, 6.07) is 8.66. The first-order valence-corrected chi connectivity index (χ1v) is 8.03. The van der Waals surface area contributed by atoms with Crippen LogP contribution in [0.5, 0.6) is 0 Å². The molecule has 0 saturated carbocycles. The van der Waals surface area contributed by atoms with Gasteiger partial charge in [0.2, 0.25) is 11.4 Å². The molecule has 0 fully saturated rings. The van der Waals surface area contributed by atoms with Gasteiger partial charge in [0.05, 0.1) is 12.1 Å². The van der Waals surface area contributed by atoms with E-state index in [1.54, 1.807) is 18.1 Å². The Balaban J connectivity index is 1.67. The summed E-state index contributed by atoms with van der Waals surface area (Å²) in [5, 5.41) is 0.734. The van der Waals surface area contributed by atoms with Gasteiger partial charge in [0.25, 0.3) is 5.91 Å². The van der Waals surface area contributed by atoms with Gasteiger partial charge in [-0.2, -0.15) is 0 Å². The SMILES string of the molecule is COCc1nc2c(o1)CCN(C(=O)c1cc(=O)[nH]c3ccccc13)C2. The molecule has 0 bridgehead atoms. The van der Waals surface area contributed by atoms with Crippen LogP contribution in [0, 0.1) is 0 Å². The van der Waals surface area contributed by atoms with Crippen molar-refractivity contribution in [2.75, 3.05) is 13.7 Å². The van der Waals surface area contributed by atoms with Crippen molar-refractivity contribution in [2.45, 2.75) is 19.6 Å². The number of carbonyl (C=O) groups is 1. The molecule has 128 valence electrons. The van der Waals surface area contributed by atoms with Crippen molar-refractivity contribution in [1.82, 2.24) is 14.9 Å². The van der Waals surface area contributed by atoms with Gasteiger partial charge in [0.1, 0.15) is 18.1 Å². The van der Waals surface area contributed by atoms with Gasteiger partial charge in [-0.3, -0.25) is 9.59 Å². The Morgan fingerprint density at radius 1 is 1.40 bits per heavy atom. The van der Waals surface area contributed by atoms with E-state index in [1.165, 1.54) is 6.07 Å². The Morgan fingerprint density at radius 3 is 3.08 bits per heavy atom. The first-order chi connectivity index (χ1) is 12.2. The van der Waals surface area contributed by atoms with Crippen molar-refractivity contribution in [1.29, 1.82) is 0 Å². The van der Waals surface area contributed by atoms with Gasteiger partial charge in [-0.25, -0.2) is 4.98 Å². The molecule has 1 amide bonds. The Bertz CT molecular complexity index is 1000. The molecule has 3 heterocycles. The van der Waals surface area contributed by atoms with E-state index < -0.39 is 0 Å². The average Bonchev–Trinajstić information content (AvgIpc) is 3.02. The predicted molar refractivity (Wildman–Crippen MR) is 90.2 cm³/mol. The molecule has 1 aliphatic heterocycles. The van der Waals surface area contributed by atoms with E-state index >= 15 is 0 Å². The Kier molecular flexibility index (Phi) is 3.85. The first kappa shape index (κ1) is 15.6. The fraction of sp³-hybridized carbons (Fsp3) is 0.278. The number of methoxy groups -OCH3 is 1. The molecule has 0 spiro atoms. The van der Waals surface area contributed by atoms with Gasteiger partial charge >= 0.3 is 0 Å². The molecule has 7 nitrogen and oxygen atoms in total. The number of hydrogen-bond donors (Lipinski definition) is 1. The van der Waals surface area contributed by atoms with E-state index in [0.29, 0.717) is 43.1 Å². The smallest absolute Gasteiger partial charge is 0.255 e. The van der Waals surface area contributed by atoms with E-state index in [4.69, 9.17) is 9.15 Å². The highest BCUT2D eigenvalue weighted by Crippen LogP contribution is 2.23. The number of aromatic amines is 1. The Morgan fingerprint density at radius 2 is 2.24 bits per heavy atom. The highest BCUT2D eigenvalue weighted by atomic mass is 16.5. The minimum Gasteiger partial charge on any atom is -0.443 e. The number of pyridine rings is 1. The second-order valence-corrected chi connectivity index (χ2v) is 5.98. The topological polar surface area (TPSA) is 88.4 Å². The Hall–Kier alpha value is -2.93. The van der Waals surface area contributed by atoms with Crippen molar-refractivity contribution < 1.29 is 13.9 Å². The third-order valence-corrected chi connectivity index (χ3v) is 4.31. The summed E-state index contributed by atoms with van der Waals surface area (Å²) < 4.78 is 10.7. The van der Waals surface area contributed by atoms with Gasteiger partial charge in [-0.1, -0.05) is 18.2 Å². The molecule has 1 aliphatic rings. The van der Waals surface area contributed by atoms with Gasteiger partial charge in [0.15, 0.2) is 0 Å². The van der Waals surface area contributed by atoms with Gasteiger partial charge in [-0.15, -0.1) is 0 Å². The van der Waals surface area contributed by atoms with Crippen molar-refractivity contribution in [3.05, 3.63) is 63.6 Å². The minimum atomic E-state index is -0.288. The van der Waals surface area contributed by atoms with Crippen LogP contribution in [0.25, 0.3) is 10.9 Å². The third-order valence-electron chi connectivity index (χ3n) is 4.31. The largest absolute Gasteiger partial charge is 0.443 e. The number of carbonyl (C=O) groups excluding carboxylic acids is 1. The number of rotatable bonds is 3. The van der Waals surface area contributed by atoms with Crippen LogP contribution in [0.2, 0.25) is 0 Å². The van der Waals surface area contributed by atoms with Crippen LogP contribution in [0.15, 0.2) is 39.5 Å². The van der Waals surface area contributed by atoms with E-state index in [-0.39, 0.29) is 11.5 Å². The van der Waals surface area contributed by atoms with Crippen molar-refractivity contribution >= 4 is 16.8 Å². The molecule has 0 atom stereocenters. The van der Waals surface area contributed by atoms with Gasteiger partial charge in [-0.05, 0) is 6.07 Å². The van der Waals surface area contributed by atoms with E-state index in [2.05, 4.69) is 9.97 Å². The number of benzene rings is 1. The quantitative estimate of drug-likeness (QED) is 0.787. The lowest BCUT2D eigenvalue weighted by Gasteiger charge is -2.25. The van der Waals surface area contributed by atoms with Crippen molar-refractivity contribution in [3.8, 4) is 0 Å². The molecule has 4 rings (SSSR count). The lowest BCUT2D eigenvalue weighted by molar-refractivity contribution is 0.0729. The minimum absolute atomic E-state index is 0.177. The highest BCUT2D eigenvalue weighted by molar-refractivity contribution is 6.05. The summed E-state index contributed by atoms with van der Waals surface area (Å²) in [6.07, 6.45) is 0.596. The molecule has 25 heavy (non-hydrogen) atoms. The number of oxazole rings is 1. The maximum atomic E-state index is 13.0. The number of amides is 1. The molecule has 2 aromatic heterocycles. The number of fused-ring (bicyclic) bond motifs is 2. The molecule has 0 saturated heterocycles. The van der Waals surface area contributed by atoms with Crippen LogP contribution >= 0.6 is 0 Å². The molecular weight excluding hydrogens is 322 g/mol. The zero-order valence-electron chi connectivity index (χ0n) is 13.7. The van der Waals surface area contributed by atoms with Crippen LogP contribution in [-0.4, -0.2) is 34.4 Å². The van der Waals surface area contributed by atoms with Crippen molar-refractivity contribution in [2.24, 2.45) is 0 Å². The number of ether oxygens (including phenoxy) is 1. The van der Waals surface area contributed by atoms with Crippen LogP contribution in [0.4, 0.5) is 0 Å². The van der Waals surface area contributed by atoms with Crippen LogP contribution in [-0.2, 0) is 24.3 Å². The number of para-hydroxylation sites is 1. The molecule has 3 aromatic rings. The second kappa shape index (κ2) is 6.18. The van der Waals surface area contributed by atoms with Crippen LogP contribution < -0.4 is 5.56 Å². The summed E-state index contributed by atoms with van der Waals surface area (Å²) in [7, 11) is 1.58. The third kappa shape index (κ3) is 2.83. The van der Waals surface area contributed by atoms with Gasteiger partial charge < -0.3 is 19.0 Å². The molecule has 0 radical (unpaired) electrons. The normalized spacial score (nSPS) is 13.9. The molecular formula is C18H17N3O4. The molecule has 1 N–H and O–H groups in total. The summed E-state index contributed by atoms with van der Waals surface area (Å²) >= 11 is 0. The number of nitrogens with one attached hydrogen (secondary N) is 1. The zero-order valence-corrected chi connectivity index (χ0v) is 13.7. The highest BCUT2D eigenvalue weighted by Gasteiger charge is 2.27. The van der Waals surface area contributed by atoms with E-state index in [9.17, 15) is 9.59 Å². The zero-order chi connectivity index (χ0) is 17.4. The maximum absolute atomic E-state index is 13.0. The predicted octanol–water partition coefficient (Wildman–Crippen LogP) is 1.86. The summed E-state index contributed by atoms with van der Waals surface area (Å²) in [4.78, 5) is 33.7. The van der Waals surface area contributed by atoms with Crippen LogP contribution in [0.3, 0.4) is 0 Å². The van der Waals surface area contributed by atoms with Crippen LogP contribution in [0.1, 0.15) is 27.7 Å².